The molecule has 16 heavy (non-hydrogen) atoms. The van der Waals surface area contributed by atoms with E-state index >= 15 is 0 Å². The van der Waals surface area contributed by atoms with E-state index in [1.54, 1.807) is 0 Å². The van der Waals surface area contributed by atoms with Crippen molar-refractivity contribution in [1.29, 1.82) is 0 Å². The van der Waals surface area contributed by atoms with Gasteiger partial charge >= 0.3 is 5.97 Å². The van der Waals surface area contributed by atoms with Gasteiger partial charge < -0.3 is 19.9 Å². The summed E-state index contributed by atoms with van der Waals surface area (Å²) in [6.45, 7) is -0.337. The fourth-order valence-corrected chi connectivity index (χ4v) is 1.20. The molecular formula is C9H10ClNO5. The quantitative estimate of drug-likeness (QED) is 0.704. The maximum atomic E-state index is 11.4. The second kappa shape index (κ2) is 5.53. The Morgan fingerprint density at radius 3 is 2.62 bits per heavy atom. The Morgan fingerprint density at radius 1 is 1.50 bits per heavy atom. The zero-order chi connectivity index (χ0) is 12.1. The number of aliphatic carboxylic acids is 1. The molecule has 7 heteroatoms. The second-order valence-electron chi connectivity index (χ2n) is 2.98. The molecule has 0 aliphatic carbocycles. The summed E-state index contributed by atoms with van der Waals surface area (Å²) >= 11 is 5.46. The molecule has 1 heterocycles. The van der Waals surface area contributed by atoms with Gasteiger partial charge in [-0.2, -0.15) is 0 Å². The molecule has 0 saturated carbocycles. The van der Waals surface area contributed by atoms with E-state index in [4.69, 9.17) is 26.2 Å². The molecular weight excluding hydrogens is 238 g/mol. The van der Waals surface area contributed by atoms with Crippen molar-refractivity contribution in [3.63, 3.8) is 0 Å². The Morgan fingerprint density at radius 2 is 2.19 bits per heavy atom. The summed E-state index contributed by atoms with van der Waals surface area (Å²) in [4.78, 5) is 22.1. The van der Waals surface area contributed by atoms with Gasteiger partial charge in [-0.25, -0.2) is 4.79 Å². The second-order valence-corrected chi connectivity index (χ2v) is 3.35. The van der Waals surface area contributed by atoms with Crippen molar-refractivity contribution >= 4 is 23.5 Å². The van der Waals surface area contributed by atoms with Crippen LogP contribution in [0.25, 0.3) is 0 Å². The van der Waals surface area contributed by atoms with Crippen LogP contribution in [0.1, 0.15) is 17.0 Å². The number of aliphatic hydroxyl groups is 1. The topological polar surface area (TPSA) is 99.8 Å². The van der Waals surface area contributed by atoms with Crippen LogP contribution in [0, 0.1) is 0 Å². The van der Waals surface area contributed by atoms with E-state index in [1.807, 2.05) is 0 Å². The van der Waals surface area contributed by atoms with Crippen LogP contribution >= 0.6 is 11.6 Å². The highest BCUT2D eigenvalue weighted by molar-refractivity contribution is 6.29. The molecule has 0 bridgehead atoms. The molecule has 3 N–H and O–H groups in total. The number of aliphatic hydroxyl groups excluding tert-OH is 1. The molecule has 0 spiro atoms. The minimum Gasteiger partial charge on any atom is -0.480 e. The first kappa shape index (κ1) is 12.5. The lowest BCUT2D eigenvalue weighted by Gasteiger charge is -2.11. The number of hydrogen-bond donors (Lipinski definition) is 3. The molecule has 1 aromatic heterocycles. The van der Waals surface area contributed by atoms with E-state index in [-0.39, 0.29) is 24.0 Å². The van der Waals surface area contributed by atoms with Gasteiger partial charge in [-0.1, -0.05) is 0 Å². The van der Waals surface area contributed by atoms with Gasteiger partial charge in [-0.05, 0) is 23.7 Å². The highest BCUT2D eigenvalue weighted by Gasteiger charge is 2.21. The van der Waals surface area contributed by atoms with Crippen LogP contribution in [-0.4, -0.2) is 34.7 Å². The van der Waals surface area contributed by atoms with Crippen molar-refractivity contribution in [3.8, 4) is 0 Å². The zero-order valence-electron chi connectivity index (χ0n) is 8.14. The van der Waals surface area contributed by atoms with E-state index < -0.39 is 17.9 Å². The molecule has 1 atom stereocenters. The van der Waals surface area contributed by atoms with Crippen molar-refractivity contribution in [2.75, 3.05) is 6.61 Å². The lowest BCUT2D eigenvalue weighted by molar-refractivity contribution is -0.139. The van der Waals surface area contributed by atoms with Gasteiger partial charge in [-0.3, -0.25) is 4.79 Å². The summed E-state index contributed by atoms with van der Waals surface area (Å²) in [6.07, 6.45) is -0.0739. The smallest absolute Gasteiger partial charge is 0.326 e. The highest BCUT2D eigenvalue weighted by Crippen LogP contribution is 2.13. The number of amides is 1. The van der Waals surface area contributed by atoms with Crippen LogP contribution in [0.3, 0.4) is 0 Å². The summed E-state index contributed by atoms with van der Waals surface area (Å²) in [5.41, 5.74) is 0. The van der Waals surface area contributed by atoms with Gasteiger partial charge in [0.2, 0.25) is 0 Å². The van der Waals surface area contributed by atoms with Crippen LogP contribution in [0.15, 0.2) is 16.5 Å². The van der Waals surface area contributed by atoms with Crippen LogP contribution in [0.5, 0.6) is 0 Å². The third-order valence-electron chi connectivity index (χ3n) is 1.82. The van der Waals surface area contributed by atoms with Gasteiger partial charge in [0.25, 0.3) is 5.91 Å². The van der Waals surface area contributed by atoms with Gasteiger partial charge in [-0.15, -0.1) is 0 Å². The standard InChI is InChI=1S/C9H10ClNO5/c10-7-2-1-6(16-7)8(13)11-5(3-4-12)9(14)15/h1-2,5,12H,3-4H2,(H,11,13)(H,14,15). The number of halogens is 1. The Balaban J connectivity index is 2.65. The van der Waals surface area contributed by atoms with E-state index in [9.17, 15) is 9.59 Å². The van der Waals surface area contributed by atoms with Gasteiger partial charge in [0, 0.05) is 13.0 Å². The largest absolute Gasteiger partial charge is 0.480 e. The maximum absolute atomic E-state index is 11.4. The molecule has 88 valence electrons. The fraction of sp³-hybridized carbons (Fsp3) is 0.333. The van der Waals surface area contributed by atoms with Crippen molar-refractivity contribution < 1.29 is 24.2 Å². The number of carbonyl (C=O) groups excluding carboxylic acids is 1. The molecule has 0 radical (unpaired) electrons. The number of furan rings is 1. The minimum atomic E-state index is -1.22. The molecule has 0 aromatic carbocycles. The van der Waals surface area contributed by atoms with Crippen molar-refractivity contribution in [2.24, 2.45) is 0 Å². The highest BCUT2D eigenvalue weighted by atomic mass is 35.5. The van der Waals surface area contributed by atoms with Crippen molar-refractivity contribution in [1.82, 2.24) is 5.32 Å². The van der Waals surface area contributed by atoms with E-state index in [0.717, 1.165) is 0 Å². The number of carbonyl (C=O) groups is 2. The predicted octanol–water partition coefficient (Wildman–Crippen LogP) is 0.498. The summed E-state index contributed by atoms with van der Waals surface area (Å²) in [6, 6.07) is 1.55. The Hall–Kier alpha value is -1.53. The number of rotatable bonds is 5. The molecule has 0 saturated heterocycles. The SMILES string of the molecule is O=C(NC(CCO)C(=O)O)c1ccc(Cl)o1. The molecule has 0 aliphatic rings. The third kappa shape index (κ3) is 3.25. The molecule has 0 fully saturated rings. The van der Waals surface area contributed by atoms with E-state index in [1.165, 1.54) is 12.1 Å². The van der Waals surface area contributed by atoms with Crippen LogP contribution in [-0.2, 0) is 4.79 Å². The fourth-order valence-electron chi connectivity index (χ4n) is 1.05. The van der Waals surface area contributed by atoms with E-state index in [0.29, 0.717) is 0 Å². The summed E-state index contributed by atoms with van der Waals surface area (Å²) in [5, 5.41) is 19.6. The van der Waals surface area contributed by atoms with Gasteiger partial charge in [0.05, 0.1) is 0 Å². The number of carboxylic acid groups (broad SMARTS) is 1. The first-order valence-corrected chi connectivity index (χ1v) is 4.82. The Labute approximate surface area is 95.8 Å². The summed E-state index contributed by atoms with van der Waals surface area (Å²) < 4.78 is 4.80. The molecule has 1 rings (SSSR count). The molecule has 0 aliphatic heterocycles. The molecule has 1 amide bonds. The number of hydrogen-bond acceptors (Lipinski definition) is 4. The third-order valence-corrected chi connectivity index (χ3v) is 2.02. The normalized spacial score (nSPS) is 12.1. The molecule has 1 aromatic rings. The number of nitrogens with one attached hydrogen (secondary N) is 1. The lowest BCUT2D eigenvalue weighted by Crippen LogP contribution is -2.41. The van der Waals surface area contributed by atoms with Crippen molar-refractivity contribution in [2.45, 2.75) is 12.5 Å². The average molecular weight is 248 g/mol. The monoisotopic (exact) mass is 247 g/mol. The predicted molar refractivity (Wildman–Crippen MR) is 54.3 cm³/mol. The first-order chi connectivity index (χ1) is 7.54. The summed E-state index contributed by atoms with van der Waals surface area (Å²) in [7, 11) is 0. The maximum Gasteiger partial charge on any atom is 0.326 e. The van der Waals surface area contributed by atoms with Crippen LogP contribution in [0.2, 0.25) is 5.22 Å². The van der Waals surface area contributed by atoms with Crippen LogP contribution in [0.4, 0.5) is 0 Å². The lowest BCUT2D eigenvalue weighted by atomic mass is 10.2. The van der Waals surface area contributed by atoms with Gasteiger partial charge in [0.15, 0.2) is 11.0 Å². The van der Waals surface area contributed by atoms with E-state index in [2.05, 4.69) is 5.32 Å². The zero-order valence-corrected chi connectivity index (χ0v) is 8.90. The summed E-state index contributed by atoms with van der Waals surface area (Å²) in [5.74, 6) is -1.98. The number of carboxylic acids is 1. The Bertz CT molecular complexity index is 389. The van der Waals surface area contributed by atoms with Crippen LogP contribution < -0.4 is 5.32 Å². The minimum absolute atomic E-state index is 0.0409. The Kier molecular flexibility index (Phi) is 4.33. The average Bonchev–Trinajstić information content (AvgIpc) is 2.64. The molecule has 6 nitrogen and oxygen atoms in total. The first-order valence-electron chi connectivity index (χ1n) is 4.44. The van der Waals surface area contributed by atoms with Crippen molar-refractivity contribution in [3.05, 3.63) is 23.1 Å². The molecule has 1 unspecified atom stereocenters. The van der Waals surface area contributed by atoms with Gasteiger partial charge in [0.1, 0.15) is 6.04 Å².